The molecule has 1 heterocycles. The van der Waals surface area contributed by atoms with Crippen LogP contribution in [0.4, 0.5) is 5.69 Å². The molecule has 1 aliphatic heterocycles. The summed E-state index contributed by atoms with van der Waals surface area (Å²) in [5.74, 6) is -0.948. The van der Waals surface area contributed by atoms with Crippen molar-refractivity contribution in [1.82, 2.24) is 0 Å². The van der Waals surface area contributed by atoms with Crippen molar-refractivity contribution in [2.45, 2.75) is 0 Å². The Morgan fingerprint density at radius 2 is 2.13 bits per heavy atom. The van der Waals surface area contributed by atoms with Crippen LogP contribution < -0.4 is 4.90 Å². The highest BCUT2D eigenvalue weighted by molar-refractivity contribution is 9.10. The molecule has 0 saturated carbocycles. The molecule has 0 spiro atoms. The Bertz CT molecular complexity index is 468. The summed E-state index contributed by atoms with van der Waals surface area (Å²) in [6.07, 6.45) is 1.60. The summed E-state index contributed by atoms with van der Waals surface area (Å²) >= 11 is 3.27. The number of carbonyl (C=O) groups excluding carboxylic acids is 2. The molecular formula is C11H8BrNO2. The minimum atomic E-state index is -0.489. The van der Waals surface area contributed by atoms with Crippen molar-refractivity contribution >= 4 is 33.3 Å². The normalized spacial score (nSPS) is 14.3. The molecule has 3 nitrogen and oxygen atoms in total. The number of hydrogen-bond donors (Lipinski definition) is 0. The SMILES string of the molecule is C=CCN1C(=O)C(=O)c2c(Br)cccc21. The molecular weight excluding hydrogens is 258 g/mol. The predicted molar refractivity (Wildman–Crippen MR) is 61.0 cm³/mol. The molecule has 0 bridgehead atoms. The van der Waals surface area contributed by atoms with E-state index in [1.54, 1.807) is 24.3 Å². The number of benzene rings is 1. The lowest BCUT2D eigenvalue weighted by Crippen LogP contribution is -2.29. The molecule has 1 aliphatic rings. The van der Waals surface area contributed by atoms with Crippen LogP contribution >= 0.6 is 15.9 Å². The average molecular weight is 266 g/mol. The van der Waals surface area contributed by atoms with Crippen molar-refractivity contribution in [3.63, 3.8) is 0 Å². The first kappa shape index (κ1) is 10.1. The van der Waals surface area contributed by atoms with Gasteiger partial charge in [0.1, 0.15) is 0 Å². The maximum atomic E-state index is 11.6. The van der Waals surface area contributed by atoms with E-state index >= 15 is 0 Å². The standard InChI is InChI=1S/C11H8BrNO2/c1-2-6-13-8-5-3-4-7(12)9(8)10(14)11(13)15/h2-5H,1,6H2. The molecule has 1 amide bonds. The number of nitrogens with zero attached hydrogens (tertiary/aromatic N) is 1. The molecule has 76 valence electrons. The van der Waals surface area contributed by atoms with Gasteiger partial charge in [-0.15, -0.1) is 6.58 Å². The zero-order valence-corrected chi connectivity index (χ0v) is 9.45. The Morgan fingerprint density at radius 3 is 2.80 bits per heavy atom. The van der Waals surface area contributed by atoms with Gasteiger partial charge in [-0.05, 0) is 28.1 Å². The third-order valence-electron chi connectivity index (χ3n) is 2.26. The summed E-state index contributed by atoms with van der Waals surface area (Å²) in [6.45, 7) is 3.92. The first-order valence-corrected chi connectivity index (χ1v) is 5.21. The molecule has 15 heavy (non-hydrogen) atoms. The largest absolute Gasteiger partial charge is 0.301 e. The fourth-order valence-corrected chi connectivity index (χ4v) is 2.15. The zero-order chi connectivity index (χ0) is 11.0. The molecule has 0 fully saturated rings. The molecule has 0 atom stereocenters. The fourth-order valence-electron chi connectivity index (χ4n) is 1.61. The second kappa shape index (κ2) is 3.62. The van der Waals surface area contributed by atoms with Crippen molar-refractivity contribution in [2.24, 2.45) is 0 Å². The maximum absolute atomic E-state index is 11.6. The minimum Gasteiger partial charge on any atom is -0.301 e. The van der Waals surface area contributed by atoms with Gasteiger partial charge in [-0.25, -0.2) is 0 Å². The molecule has 0 aliphatic carbocycles. The van der Waals surface area contributed by atoms with Gasteiger partial charge in [0.05, 0.1) is 11.3 Å². The Hall–Kier alpha value is -1.42. The Kier molecular flexibility index (Phi) is 2.44. The van der Waals surface area contributed by atoms with E-state index in [0.29, 0.717) is 22.3 Å². The van der Waals surface area contributed by atoms with Gasteiger partial charge in [-0.1, -0.05) is 12.1 Å². The van der Waals surface area contributed by atoms with E-state index in [1.807, 2.05) is 0 Å². The molecule has 1 aromatic rings. The van der Waals surface area contributed by atoms with E-state index in [0.717, 1.165) is 0 Å². The summed E-state index contributed by atoms with van der Waals surface area (Å²) in [5, 5.41) is 0. The van der Waals surface area contributed by atoms with Crippen molar-refractivity contribution in [1.29, 1.82) is 0 Å². The maximum Gasteiger partial charge on any atom is 0.299 e. The van der Waals surface area contributed by atoms with Gasteiger partial charge in [0, 0.05) is 11.0 Å². The van der Waals surface area contributed by atoms with Crippen LogP contribution in [0.1, 0.15) is 10.4 Å². The number of hydrogen-bond acceptors (Lipinski definition) is 2. The van der Waals surface area contributed by atoms with E-state index < -0.39 is 11.7 Å². The number of ketones is 1. The summed E-state index contributed by atoms with van der Waals surface area (Å²) < 4.78 is 0.657. The zero-order valence-electron chi connectivity index (χ0n) is 7.87. The minimum absolute atomic E-state index is 0.355. The smallest absolute Gasteiger partial charge is 0.299 e. The second-order valence-electron chi connectivity index (χ2n) is 3.17. The second-order valence-corrected chi connectivity index (χ2v) is 4.02. The first-order valence-electron chi connectivity index (χ1n) is 4.42. The lowest BCUT2D eigenvalue weighted by molar-refractivity contribution is -0.114. The topological polar surface area (TPSA) is 37.4 Å². The van der Waals surface area contributed by atoms with E-state index in [9.17, 15) is 9.59 Å². The third kappa shape index (κ3) is 1.41. The highest BCUT2D eigenvalue weighted by atomic mass is 79.9. The molecule has 0 saturated heterocycles. The third-order valence-corrected chi connectivity index (χ3v) is 2.92. The van der Waals surface area contributed by atoms with Crippen LogP contribution in [0.3, 0.4) is 0 Å². The van der Waals surface area contributed by atoms with Crippen molar-refractivity contribution in [2.75, 3.05) is 11.4 Å². The van der Waals surface area contributed by atoms with E-state index in [-0.39, 0.29) is 0 Å². The summed E-state index contributed by atoms with van der Waals surface area (Å²) in [4.78, 5) is 24.7. The predicted octanol–water partition coefficient (Wildman–Crippen LogP) is 2.16. The number of amides is 1. The van der Waals surface area contributed by atoms with E-state index in [1.165, 1.54) is 4.90 Å². The monoisotopic (exact) mass is 265 g/mol. The van der Waals surface area contributed by atoms with E-state index in [4.69, 9.17) is 0 Å². The van der Waals surface area contributed by atoms with Gasteiger partial charge in [0.25, 0.3) is 11.7 Å². The van der Waals surface area contributed by atoms with Gasteiger partial charge in [-0.2, -0.15) is 0 Å². The van der Waals surface area contributed by atoms with Crippen LogP contribution in [0, 0.1) is 0 Å². The number of Topliss-reactive ketones (excluding diaryl/α,β-unsaturated/α-hetero) is 1. The van der Waals surface area contributed by atoms with Gasteiger partial charge >= 0.3 is 0 Å². The van der Waals surface area contributed by atoms with Crippen LogP contribution in [-0.2, 0) is 4.79 Å². The molecule has 4 heteroatoms. The highest BCUT2D eigenvalue weighted by Crippen LogP contribution is 2.33. The molecule has 1 aromatic carbocycles. The molecule has 0 N–H and O–H groups in total. The number of fused-ring (bicyclic) bond motifs is 1. The number of halogens is 1. The quantitative estimate of drug-likeness (QED) is 0.607. The lowest BCUT2D eigenvalue weighted by Gasteiger charge is -2.13. The Morgan fingerprint density at radius 1 is 1.40 bits per heavy atom. The van der Waals surface area contributed by atoms with Gasteiger partial charge in [0.15, 0.2) is 0 Å². The first-order chi connectivity index (χ1) is 7.16. The number of carbonyl (C=O) groups is 2. The van der Waals surface area contributed by atoms with Gasteiger partial charge in [0.2, 0.25) is 0 Å². The molecule has 2 rings (SSSR count). The van der Waals surface area contributed by atoms with Crippen molar-refractivity contribution in [3.05, 3.63) is 40.9 Å². The Balaban J connectivity index is 2.60. The molecule has 0 aromatic heterocycles. The van der Waals surface area contributed by atoms with Crippen LogP contribution in [-0.4, -0.2) is 18.2 Å². The van der Waals surface area contributed by atoms with Crippen LogP contribution in [0.5, 0.6) is 0 Å². The van der Waals surface area contributed by atoms with Crippen molar-refractivity contribution < 1.29 is 9.59 Å². The molecule has 0 radical (unpaired) electrons. The van der Waals surface area contributed by atoms with Crippen LogP contribution in [0.25, 0.3) is 0 Å². The van der Waals surface area contributed by atoms with Crippen molar-refractivity contribution in [3.8, 4) is 0 Å². The van der Waals surface area contributed by atoms with E-state index in [2.05, 4.69) is 22.5 Å². The van der Waals surface area contributed by atoms with Gasteiger partial charge < -0.3 is 4.90 Å². The molecule has 0 unspecified atom stereocenters. The number of rotatable bonds is 2. The van der Waals surface area contributed by atoms with Gasteiger partial charge in [-0.3, -0.25) is 9.59 Å². The van der Waals surface area contributed by atoms with Crippen LogP contribution in [0.15, 0.2) is 35.3 Å². The van der Waals surface area contributed by atoms with Crippen LogP contribution in [0.2, 0.25) is 0 Å². The summed E-state index contributed by atoms with van der Waals surface area (Å²) in [6, 6.07) is 5.30. The fraction of sp³-hybridized carbons (Fsp3) is 0.0909. The summed E-state index contributed by atoms with van der Waals surface area (Å²) in [5.41, 5.74) is 1.10. The average Bonchev–Trinajstić information content (AvgIpc) is 2.45. The number of anilines is 1. The highest BCUT2D eigenvalue weighted by Gasteiger charge is 2.36. The lowest BCUT2D eigenvalue weighted by atomic mass is 10.1. The summed E-state index contributed by atoms with van der Waals surface area (Å²) in [7, 11) is 0. The Labute approximate surface area is 95.5 Å².